The number of carbonyl (C=O) groups excluding carboxylic acids is 1. The maximum atomic E-state index is 12.2. The summed E-state index contributed by atoms with van der Waals surface area (Å²) in [6, 6.07) is 2.06. The highest BCUT2D eigenvalue weighted by Crippen LogP contribution is 2.34. The summed E-state index contributed by atoms with van der Waals surface area (Å²) in [6.07, 6.45) is 2.53. The first-order valence-electron chi connectivity index (χ1n) is 5.76. The van der Waals surface area contributed by atoms with Gasteiger partial charge in [-0.15, -0.1) is 11.3 Å². The Morgan fingerprint density at radius 3 is 3.00 bits per heavy atom. The molecule has 0 bridgehead atoms. The zero-order valence-electron chi connectivity index (χ0n) is 10.1. The first-order chi connectivity index (χ1) is 9.06. The van der Waals surface area contributed by atoms with Gasteiger partial charge in [-0.1, -0.05) is 0 Å². The van der Waals surface area contributed by atoms with Crippen molar-refractivity contribution in [3.8, 4) is 6.07 Å². The van der Waals surface area contributed by atoms with E-state index in [1.165, 1.54) is 21.9 Å². The molecule has 0 atom stereocenters. The Labute approximate surface area is 112 Å². The van der Waals surface area contributed by atoms with Crippen LogP contribution in [0.15, 0.2) is 16.4 Å². The summed E-state index contributed by atoms with van der Waals surface area (Å²) in [7, 11) is 0. The van der Waals surface area contributed by atoms with Crippen LogP contribution in [0.1, 0.15) is 28.9 Å². The van der Waals surface area contributed by atoms with Gasteiger partial charge in [0, 0.05) is 17.3 Å². The number of amides is 1. The van der Waals surface area contributed by atoms with Crippen molar-refractivity contribution in [2.24, 2.45) is 0 Å². The number of fused-ring (bicyclic) bond motifs is 1. The van der Waals surface area contributed by atoms with Crippen molar-refractivity contribution in [2.45, 2.75) is 25.3 Å². The lowest BCUT2D eigenvalue weighted by Crippen LogP contribution is -2.39. The molecule has 19 heavy (non-hydrogen) atoms. The zero-order valence-corrected chi connectivity index (χ0v) is 11.0. The van der Waals surface area contributed by atoms with Crippen molar-refractivity contribution < 1.29 is 4.79 Å². The average Bonchev–Trinajstić information content (AvgIpc) is 3.06. The number of nitriles is 1. The number of nitrogens with one attached hydrogen (secondary N) is 1. The standard InChI is InChI=1S/C12H10N4O2S/c1-7-5-19-11-14-4-8(10(18)16(7)11)9(17)15-12(6-13)2-3-12/h4-5H,2-3H2,1H3,(H,15,17). The number of hydrogen-bond acceptors (Lipinski definition) is 5. The van der Waals surface area contributed by atoms with Crippen molar-refractivity contribution in [2.75, 3.05) is 0 Å². The fourth-order valence-corrected chi connectivity index (χ4v) is 2.68. The Bertz CT molecular complexity index is 779. The summed E-state index contributed by atoms with van der Waals surface area (Å²) in [6.45, 7) is 1.78. The Balaban J connectivity index is 2.04. The normalized spacial score (nSPS) is 16.0. The molecule has 0 saturated heterocycles. The maximum Gasteiger partial charge on any atom is 0.271 e. The van der Waals surface area contributed by atoms with Crippen LogP contribution in [0.3, 0.4) is 0 Å². The first kappa shape index (κ1) is 11.9. The molecule has 1 aliphatic carbocycles. The van der Waals surface area contributed by atoms with Crippen LogP contribution in [0.4, 0.5) is 0 Å². The van der Waals surface area contributed by atoms with Crippen LogP contribution < -0.4 is 10.9 Å². The van der Waals surface area contributed by atoms with E-state index in [9.17, 15) is 9.59 Å². The molecule has 0 aromatic carbocycles. The van der Waals surface area contributed by atoms with Crippen molar-refractivity contribution in [3.63, 3.8) is 0 Å². The second-order valence-electron chi connectivity index (χ2n) is 4.62. The van der Waals surface area contributed by atoms with Crippen molar-refractivity contribution in [3.05, 3.63) is 33.2 Å². The average molecular weight is 274 g/mol. The van der Waals surface area contributed by atoms with Gasteiger partial charge in [0.2, 0.25) is 0 Å². The van der Waals surface area contributed by atoms with E-state index in [1.54, 1.807) is 6.92 Å². The second-order valence-corrected chi connectivity index (χ2v) is 5.46. The fraction of sp³-hybridized carbons (Fsp3) is 0.333. The van der Waals surface area contributed by atoms with E-state index in [0.29, 0.717) is 17.8 Å². The lowest BCUT2D eigenvalue weighted by molar-refractivity contribution is 0.0939. The highest BCUT2D eigenvalue weighted by molar-refractivity contribution is 7.15. The summed E-state index contributed by atoms with van der Waals surface area (Å²) in [4.78, 5) is 28.9. The van der Waals surface area contributed by atoms with Gasteiger partial charge < -0.3 is 5.32 Å². The van der Waals surface area contributed by atoms with E-state index in [4.69, 9.17) is 5.26 Å². The molecule has 7 heteroatoms. The smallest absolute Gasteiger partial charge is 0.271 e. The van der Waals surface area contributed by atoms with Crippen LogP contribution in [0.5, 0.6) is 0 Å². The molecular formula is C12H10N4O2S. The van der Waals surface area contributed by atoms with Crippen LogP contribution in [0.25, 0.3) is 4.96 Å². The Morgan fingerprint density at radius 1 is 1.63 bits per heavy atom. The van der Waals surface area contributed by atoms with Gasteiger partial charge >= 0.3 is 0 Å². The predicted molar refractivity (Wildman–Crippen MR) is 69.1 cm³/mol. The fourth-order valence-electron chi connectivity index (χ4n) is 1.86. The van der Waals surface area contributed by atoms with Gasteiger partial charge in [-0.05, 0) is 19.8 Å². The molecule has 0 aliphatic heterocycles. The number of aryl methyl sites for hydroxylation is 1. The van der Waals surface area contributed by atoms with Crippen LogP contribution in [0.2, 0.25) is 0 Å². The van der Waals surface area contributed by atoms with E-state index in [1.807, 2.05) is 5.38 Å². The minimum atomic E-state index is -0.785. The molecule has 1 fully saturated rings. The van der Waals surface area contributed by atoms with Crippen LogP contribution in [-0.4, -0.2) is 20.8 Å². The van der Waals surface area contributed by atoms with Gasteiger partial charge in [-0.25, -0.2) is 4.98 Å². The molecule has 0 radical (unpaired) electrons. The Hall–Kier alpha value is -2.20. The largest absolute Gasteiger partial charge is 0.333 e. The third kappa shape index (κ3) is 1.81. The minimum Gasteiger partial charge on any atom is -0.333 e. The zero-order chi connectivity index (χ0) is 13.6. The Kier molecular flexibility index (Phi) is 2.43. The maximum absolute atomic E-state index is 12.2. The highest BCUT2D eigenvalue weighted by Gasteiger charge is 2.45. The van der Waals surface area contributed by atoms with Gasteiger partial charge in [-0.3, -0.25) is 14.0 Å². The van der Waals surface area contributed by atoms with Crippen LogP contribution in [0, 0.1) is 18.3 Å². The summed E-state index contributed by atoms with van der Waals surface area (Å²) < 4.78 is 1.41. The molecule has 2 aromatic rings. The highest BCUT2D eigenvalue weighted by atomic mass is 32.1. The molecule has 6 nitrogen and oxygen atoms in total. The number of thiazole rings is 1. The Morgan fingerprint density at radius 2 is 2.37 bits per heavy atom. The number of hydrogen-bond donors (Lipinski definition) is 1. The minimum absolute atomic E-state index is 0.0273. The van der Waals surface area contributed by atoms with Gasteiger partial charge in [0.05, 0.1) is 6.07 Å². The summed E-state index contributed by atoms with van der Waals surface area (Å²) in [5.41, 5.74) is -0.462. The number of nitrogens with zero attached hydrogens (tertiary/aromatic N) is 3. The first-order valence-corrected chi connectivity index (χ1v) is 6.64. The summed E-state index contributed by atoms with van der Waals surface area (Å²) in [5.74, 6) is -0.531. The number of rotatable bonds is 2. The molecule has 0 unspecified atom stereocenters. The molecule has 96 valence electrons. The quantitative estimate of drug-likeness (QED) is 0.879. The van der Waals surface area contributed by atoms with Crippen LogP contribution in [-0.2, 0) is 0 Å². The van der Waals surface area contributed by atoms with Gasteiger partial charge in [0.15, 0.2) is 4.96 Å². The molecular weight excluding hydrogens is 264 g/mol. The monoisotopic (exact) mass is 274 g/mol. The molecule has 2 heterocycles. The topological polar surface area (TPSA) is 87.3 Å². The molecule has 2 aromatic heterocycles. The third-order valence-electron chi connectivity index (χ3n) is 3.18. The second kappa shape index (κ2) is 3.90. The predicted octanol–water partition coefficient (Wildman–Crippen LogP) is 0.850. The van der Waals surface area contributed by atoms with E-state index < -0.39 is 17.0 Å². The molecule has 1 N–H and O–H groups in total. The molecule has 1 aliphatic rings. The van der Waals surface area contributed by atoms with E-state index >= 15 is 0 Å². The van der Waals surface area contributed by atoms with E-state index in [0.717, 1.165) is 5.69 Å². The molecule has 1 saturated carbocycles. The van der Waals surface area contributed by atoms with Gasteiger partial charge in [0.1, 0.15) is 11.1 Å². The van der Waals surface area contributed by atoms with Crippen LogP contribution >= 0.6 is 11.3 Å². The third-order valence-corrected chi connectivity index (χ3v) is 4.14. The van der Waals surface area contributed by atoms with E-state index in [2.05, 4.69) is 16.4 Å². The molecule has 3 rings (SSSR count). The number of carbonyl (C=O) groups is 1. The van der Waals surface area contributed by atoms with Gasteiger partial charge in [0.25, 0.3) is 11.5 Å². The van der Waals surface area contributed by atoms with Crippen molar-refractivity contribution in [1.29, 1.82) is 5.26 Å². The van der Waals surface area contributed by atoms with E-state index in [-0.39, 0.29) is 5.56 Å². The lowest BCUT2D eigenvalue weighted by Gasteiger charge is -2.08. The summed E-state index contributed by atoms with van der Waals surface area (Å²) in [5, 5.41) is 13.4. The molecule has 1 amide bonds. The molecule has 0 spiro atoms. The van der Waals surface area contributed by atoms with Crippen molar-refractivity contribution in [1.82, 2.24) is 14.7 Å². The van der Waals surface area contributed by atoms with Crippen molar-refractivity contribution >= 4 is 22.2 Å². The SMILES string of the molecule is Cc1csc2ncc(C(=O)NC3(C#N)CC3)c(=O)n12. The lowest BCUT2D eigenvalue weighted by atomic mass is 10.2. The summed E-state index contributed by atoms with van der Waals surface area (Å²) >= 11 is 1.35. The number of aromatic nitrogens is 2. The van der Waals surface area contributed by atoms with Gasteiger partial charge in [-0.2, -0.15) is 5.26 Å².